The van der Waals surface area contributed by atoms with Crippen LogP contribution in [0.3, 0.4) is 0 Å². The Hall–Kier alpha value is -1.42. The van der Waals surface area contributed by atoms with Gasteiger partial charge in [-0.3, -0.25) is 9.48 Å². The monoisotopic (exact) mass is 262 g/mol. The van der Waals surface area contributed by atoms with E-state index in [0.717, 1.165) is 35.5 Å². The second-order valence-corrected chi connectivity index (χ2v) is 5.11. The van der Waals surface area contributed by atoms with Gasteiger partial charge in [-0.1, -0.05) is 6.92 Å². The number of aryl methyl sites for hydroxylation is 3. The van der Waals surface area contributed by atoms with Gasteiger partial charge in [0.15, 0.2) is 5.78 Å². The van der Waals surface area contributed by atoms with Gasteiger partial charge in [0, 0.05) is 23.2 Å². The molecule has 2 aromatic rings. The molecule has 0 radical (unpaired) electrons. The molecule has 2 rings (SSSR count). The largest absolute Gasteiger partial charge is 0.294 e. The fourth-order valence-electron chi connectivity index (χ4n) is 2.01. The predicted molar refractivity (Wildman–Crippen MR) is 74.4 cm³/mol. The molecule has 0 aliphatic rings. The number of nitrogens with zero attached hydrogens (tertiary/aromatic N) is 2. The Kier molecular flexibility index (Phi) is 3.97. The molecule has 0 aromatic carbocycles. The van der Waals surface area contributed by atoms with Gasteiger partial charge in [-0.2, -0.15) is 16.4 Å². The van der Waals surface area contributed by atoms with Crippen LogP contribution in [-0.4, -0.2) is 15.6 Å². The highest BCUT2D eigenvalue weighted by atomic mass is 32.1. The molecule has 0 saturated carbocycles. The van der Waals surface area contributed by atoms with Gasteiger partial charge in [0.1, 0.15) is 0 Å². The summed E-state index contributed by atoms with van der Waals surface area (Å²) in [4.78, 5) is 12.2. The number of carbonyl (C=O) groups excluding carboxylic acids is 1. The smallest absolute Gasteiger partial charge is 0.169 e. The lowest BCUT2D eigenvalue weighted by Crippen LogP contribution is -2.09. The molecular formula is C14H18N2OS. The molecule has 0 spiro atoms. The van der Waals surface area contributed by atoms with Crippen LogP contribution >= 0.6 is 11.3 Å². The van der Waals surface area contributed by atoms with Crippen molar-refractivity contribution in [1.82, 2.24) is 9.78 Å². The lowest BCUT2D eigenvalue weighted by Gasteiger charge is -2.03. The van der Waals surface area contributed by atoms with Crippen molar-refractivity contribution in [3.63, 3.8) is 0 Å². The molecule has 3 nitrogen and oxygen atoms in total. The average Bonchev–Trinajstić information content (AvgIpc) is 2.95. The third-order valence-electron chi connectivity index (χ3n) is 3.07. The van der Waals surface area contributed by atoms with Crippen molar-refractivity contribution in [1.29, 1.82) is 0 Å². The summed E-state index contributed by atoms with van der Waals surface area (Å²) in [5, 5.41) is 8.42. The van der Waals surface area contributed by atoms with Crippen LogP contribution < -0.4 is 0 Å². The third-order valence-corrected chi connectivity index (χ3v) is 3.93. The molecule has 96 valence electrons. The van der Waals surface area contributed by atoms with E-state index in [4.69, 9.17) is 0 Å². The van der Waals surface area contributed by atoms with Crippen molar-refractivity contribution in [3.05, 3.63) is 39.3 Å². The van der Waals surface area contributed by atoms with E-state index in [1.165, 1.54) is 0 Å². The number of hydrogen-bond acceptors (Lipinski definition) is 3. The lowest BCUT2D eigenvalue weighted by molar-refractivity contribution is 0.0990. The molecule has 0 unspecified atom stereocenters. The van der Waals surface area contributed by atoms with Crippen molar-refractivity contribution in [2.45, 2.75) is 40.2 Å². The molecule has 2 aromatic heterocycles. The second kappa shape index (κ2) is 5.48. The predicted octanol–water partition coefficient (Wildman–Crippen LogP) is 3.26. The zero-order valence-electron chi connectivity index (χ0n) is 11.1. The van der Waals surface area contributed by atoms with E-state index in [0.29, 0.717) is 6.42 Å². The summed E-state index contributed by atoms with van der Waals surface area (Å²) in [6, 6.07) is 2.04. The maximum absolute atomic E-state index is 12.2. The van der Waals surface area contributed by atoms with Gasteiger partial charge >= 0.3 is 0 Å². The molecule has 0 N–H and O–H groups in total. The minimum absolute atomic E-state index is 0.186. The first-order valence-corrected chi connectivity index (χ1v) is 7.21. The van der Waals surface area contributed by atoms with Crippen molar-refractivity contribution in [3.8, 4) is 0 Å². The van der Waals surface area contributed by atoms with Crippen LogP contribution in [0.15, 0.2) is 16.8 Å². The Balaban J connectivity index is 2.21. The minimum Gasteiger partial charge on any atom is -0.294 e. The van der Waals surface area contributed by atoms with E-state index in [2.05, 4.69) is 18.9 Å². The van der Waals surface area contributed by atoms with E-state index in [-0.39, 0.29) is 5.78 Å². The van der Waals surface area contributed by atoms with Gasteiger partial charge in [0.2, 0.25) is 0 Å². The number of rotatable bonds is 5. The lowest BCUT2D eigenvalue weighted by atomic mass is 10.1. The van der Waals surface area contributed by atoms with Gasteiger partial charge in [-0.15, -0.1) is 0 Å². The SMILES string of the molecule is CCc1cc(CC(=O)c2cscc2C)n(CC)n1. The Morgan fingerprint density at radius 1 is 1.39 bits per heavy atom. The normalized spacial score (nSPS) is 10.8. The molecule has 4 heteroatoms. The summed E-state index contributed by atoms with van der Waals surface area (Å²) in [5.74, 6) is 0.186. The zero-order chi connectivity index (χ0) is 13.1. The van der Waals surface area contributed by atoms with Gasteiger partial charge < -0.3 is 0 Å². The fourth-order valence-corrected chi connectivity index (χ4v) is 2.86. The first kappa shape index (κ1) is 13.0. The molecule has 0 atom stereocenters. The zero-order valence-corrected chi connectivity index (χ0v) is 11.9. The van der Waals surface area contributed by atoms with Crippen LogP contribution in [0.1, 0.15) is 41.2 Å². The first-order valence-electron chi connectivity index (χ1n) is 6.27. The van der Waals surface area contributed by atoms with E-state index >= 15 is 0 Å². The number of hydrogen-bond donors (Lipinski definition) is 0. The summed E-state index contributed by atoms with van der Waals surface area (Å²) in [7, 11) is 0. The maximum atomic E-state index is 12.2. The van der Waals surface area contributed by atoms with E-state index in [1.54, 1.807) is 11.3 Å². The summed E-state index contributed by atoms with van der Waals surface area (Å²) in [6.07, 6.45) is 1.35. The molecule has 0 aliphatic carbocycles. The fraction of sp³-hybridized carbons (Fsp3) is 0.429. The molecule has 2 heterocycles. The highest BCUT2D eigenvalue weighted by Gasteiger charge is 2.14. The molecule has 0 saturated heterocycles. The average molecular weight is 262 g/mol. The summed E-state index contributed by atoms with van der Waals surface area (Å²) in [5.41, 5.74) is 4.00. The number of aromatic nitrogens is 2. The third kappa shape index (κ3) is 2.53. The minimum atomic E-state index is 0.186. The van der Waals surface area contributed by atoms with Crippen LogP contribution in [0.5, 0.6) is 0 Å². The van der Waals surface area contributed by atoms with Gasteiger partial charge in [-0.25, -0.2) is 0 Å². The molecular weight excluding hydrogens is 244 g/mol. The molecule has 18 heavy (non-hydrogen) atoms. The standard InChI is InChI=1S/C14H18N2OS/c1-4-11-6-12(16(5-2)15-11)7-14(17)13-9-18-8-10(13)3/h6,8-9H,4-5,7H2,1-3H3. The Morgan fingerprint density at radius 3 is 2.72 bits per heavy atom. The van der Waals surface area contributed by atoms with Gasteiger partial charge in [0.05, 0.1) is 12.1 Å². The van der Waals surface area contributed by atoms with Crippen LogP contribution in [-0.2, 0) is 19.4 Å². The van der Waals surface area contributed by atoms with Crippen molar-refractivity contribution >= 4 is 17.1 Å². The topological polar surface area (TPSA) is 34.9 Å². The maximum Gasteiger partial charge on any atom is 0.169 e. The number of Topliss-reactive ketones (excluding diaryl/α,β-unsaturated/α-hetero) is 1. The van der Waals surface area contributed by atoms with E-state index in [9.17, 15) is 4.79 Å². The Labute approximate surface area is 111 Å². The van der Waals surface area contributed by atoms with E-state index in [1.807, 2.05) is 28.4 Å². The van der Waals surface area contributed by atoms with Crippen LogP contribution in [0.2, 0.25) is 0 Å². The highest BCUT2D eigenvalue weighted by Crippen LogP contribution is 2.17. The van der Waals surface area contributed by atoms with Gasteiger partial charge in [-0.05, 0) is 37.3 Å². The molecule has 0 bridgehead atoms. The Bertz CT molecular complexity index is 554. The number of ketones is 1. The second-order valence-electron chi connectivity index (χ2n) is 4.36. The summed E-state index contributed by atoms with van der Waals surface area (Å²) >= 11 is 1.58. The summed E-state index contributed by atoms with van der Waals surface area (Å²) in [6.45, 7) is 6.93. The molecule has 0 aliphatic heterocycles. The van der Waals surface area contributed by atoms with Gasteiger partial charge in [0.25, 0.3) is 0 Å². The Morgan fingerprint density at radius 2 is 2.17 bits per heavy atom. The van der Waals surface area contributed by atoms with Crippen molar-refractivity contribution in [2.24, 2.45) is 0 Å². The molecule has 0 amide bonds. The molecule has 0 fully saturated rings. The number of thiophene rings is 1. The number of carbonyl (C=O) groups is 1. The van der Waals surface area contributed by atoms with Crippen molar-refractivity contribution in [2.75, 3.05) is 0 Å². The summed E-state index contributed by atoms with van der Waals surface area (Å²) < 4.78 is 1.93. The van der Waals surface area contributed by atoms with E-state index < -0.39 is 0 Å². The van der Waals surface area contributed by atoms with Crippen LogP contribution in [0, 0.1) is 6.92 Å². The van der Waals surface area contributed by atoms with Crippen molar-refractivity contribution < 1.29 is 4.79 Å². The van der Waals surface area contributed by atoms with Crippen LogP contribution in [0.25, 0.3) is 0 Å². The first-order chi connectivity index (χ1) is 8.65. The van der Waals surface area contributed by atoms with Crippen LogP contribution in [0.4, 0.5) is 0 Å². The highest BCUT2D eigenvalue weighted by molar-refractivity contribution is 7.08. The quantitative estimate of drug-likeness (QED) is 0.775.